The number of aromatic nitrogens is 2. The molecule has 7 rings (SSSR count). The molecule has 5 nitrogen and oxygen atoms in total. The van der Waals surface area contributed by atoms with Gasteiger partial charge in [0.1, 0.15) is 5.82 Å². The van der Waals surface area contributed by atoms with E-state index >= 15 is 4.57 Å². The number of rotatable bonds is 3. The van der Waals surface area contributed by atoms with Crippen molar-refractivity contribution in [3.05, 3.63) is 115 Å². The Morgan fingerprint density at radius 3 is 2.19 bits per heavy atom. The fraction of sp³-hybridized carbons (Fsp3) is 0.0333. The Balaban J connectivity index is 1.53. The van der Waals surface area contributed by atoms with Crippen molar-refractivity contribution in [1.29, 1.82) is 0 Å². The third-order valence-electron chi connectivity index (χ3n) is 7.15. The quantitative estimate of drug-likeness (QED) is 0.298. The highest BCUT2D eigenvalue weighted by atomic mass is 32.2. The summed E-state index contributed by atoms with van der Waals surface area (Å²) in [5.41, 5.74) is 1.75. The van der Waals surface area contributed by atoms with E-state index in [0.29, 0.717) is 38.5 Å². The van der Waals surface area contributed by atoms with E-state index in [0.717, 1.165) is 10.8 Å². The van der Waals surface area contributed by atoms with E-state index in [1.165, 1.54) is 0 Å². The number of imidazole rings is 1. The maximum Gasteiger partial charge on any atom is 0.210 e. The Morgan fingerprint density at radius 1 is 0.676 bits per heavy atom. The molecule has 7 heteroatoms. The lowest BCUT2D eigenvalue weighted by Gasteiger charge is -2.24. The maximum atomic E-state index is 15.2. The van der Waals surface area contributed by atoms with Crippen LogP contribution in [0.1, 0.15) is 5.82 Å². The highest BCUT2D eigenvalue weighted by Gasteiger charge is 2.36. The fourth-order valence-corrected chi connectivity index (χ4v) is 9.83. The molecule has 1 aliphatic heterocycles. The average molecular weight is 521 g/mol. The molecule has 0 spiro atoms. The molecule has 0 fully saturated rings. The van der Waals surface area contributed by atoms with Crippen LogP contribution >= 0.6 is 7.14 Å². The normalized spacial score (nSPS) is 15.4. The molecular weight excluding hydrogens is 499 g/mol. The topological polar surface area (TPSA) is 69.0 Å². The molecule has 1 aromatic heterocycles. The van der Waals surface area contributed by atoms with Gasteiger partial charge in [-0.25, -0.2) is 13.4 Å². The van der Waals surface area contributed by atoms with Crippen LogP contribution in [-0.2, 0) is 14.4 Å². The molecule has 0 saturated heterocycles. The van der Waals surface area contributed by atoms with Gasteiger partial charge in [-0.3, -0.25) is 4.57 Å². The molecule has 0 amide bonds. The number of aryl methyl sites for hydroxylation is 1. The van der Waals surface area contributed by atoms with Crippen molar-refractivity contribution >= 4 is 54.7 Å². The molecule has 5 aromatic carbocycles. The predicted octanol–water partition coefficient (Wildman–Crippen LogP) is 5.27. The minimum Gasteiger partial charge on any atom is -0.309 e. The SMILES string of the molecule is Cc1nc2cccc3c2n1-c1ccc(P(=O)(c2ccccc2)c2ccc4ccccc4c2)cc1S3(=O)=O. The molecule has 0 saturated carbocycles. The summed E-state index contributed by atoms with van der Waals surface area (Å²) in [7, 11) is -7.27. The minimum absolute atomic E-state index is 0.142. The van der Waals surface area contributed by atoms with Crippen molar-refractivity contribution in [3.63, 3.8) is 0 Å². The summed E-state index contributed by atoms with van der Waals surface area (Å²) in [6.07, 6.45) is 0. The van der Waals surface area contributed by atoms with Crippen molar-refractivity contribution in [2.75, 3.05) is 0 Å². The largest absolute Gasteiger partial charge is 0.309 e. The molecule has 2 heterocycles. The van der Waals surface area contributed by atoms with Crippen LogP contribution < -0.4 is 15.9 Å². The van der Waals surface area contributed by atoms with Crippen LogP contribution in [0.5, 0.6) is 0 Å². The van der Waals surface area contributed by atoms with Gasteiger partial charge in [-0.05, 0) is 54.1 Å². The maximum absolute atomic E-state index is 15.2. The summed E-state index contributed by atoms with van der Waals surface area (Å²) >= 11 is 0. The molecular formula is C30H21N2O3PS. The van der Waals surface area contributed by atoms with E-state index in [9.17, 15) is 8.42 Å². The van der Waals surface area contributed by atoms with Crippen LogP contribution in [0.3, 0.4) is 0 Å². The molecule has 180 valence electrons. The predicted molar refractivity (Wildman–Crippen MR) is 148 cm³/mol. The fourth-order valence-electron chi connectivity index (χ4n) is 5.40. The van der Waals surface area contributed by atoms with Crippen LogP contribution in [0.25, 0.3) is 27.5 Å². The van der Waals surface area contributed by atoms with Gasteiger partial charge in [0.25, 0.3) is 0 Å². The highest BCUT2D eigenvalue weighted by Crippen LogP contribution is 2.46. The van der Waals surface area contributed by atoms with Gasteiger partial charge in [0.05, 0.1) is 26.5 Å². The Kier molecular flexibility index (Phi) is 4.66. The van der Waals surface area contributed by atoms with Gasteiger partial charge in [0.15, 0.2) is 7.14 Å². The number of hydrogen-bond donors (Lipinski definition) is 0. The third-order valence-corrected chi connectivity index (χ3v) is 12.0. The number of fused-ring (bicyclic) bond motifs is 3. The van der Waals surface area contributed by atoms with Gasteiger partial charge in [0.2, 0.25) is 9.84 Å². The number of para-hydroxylation sites is 1. The lowest BCUT2D eigenvalue weighted by molar-refractivity contribution is 0.592. The lowest BCUT2D eigenvalue weighted by atomic mass is 10.1. The van der Waals surface area contributed by atoms with E-state index in [1.807, 2.05) is 90.4 Å². The van der Waals surface area contributed by atoms with Crippen LogP contribution in [0.4, 0.5) is 0 Å². The number of hydrogen-bond acceptors (Lipinski definition) is 4. The molecule has 6 aromatic rings. The van der Waals surface area contributed by atoms with E-state index in [4.69, 9.17) is 0 Å². The summed E-state index contributed by atoms with van der Waals surface area (Å²) in [5, 5.41) is 3.82. The first-order valence-corrected chi connectivity index (χ1v) is 15.1. The number of sulfone groups is 1. The van der Waals surface area contributed by atoms with Gasteiger partial charge >= 0.3 is 0 Å². The van der Waals surface area contributed by atoms with E-state index in [2.05, 4.69) is 4.98 Å². The van der Waals surface area contributed by atoms with Crippen LogP contribution in [0.2, 0.25) is 0 Å². The van der Waals surface area contributed by atoms with Crippen molar-refractivity contribution < 1.29 is 13.0 Å². The van der Waals surface area contributed by atoms with Crippen LogP contribution in [-0.4, -0.2) is 18.0 Å². The average Bonchev–Trinajstić information content (AvgIpc) is 3.27. The zero-order valence-electron chi connectivity index (χ0n) is 19.9. The minimum atomic E-state index is -3.86. The standard InChI is InChI=1S/C30H21N2O3PS/c1-20-31-26-12-7-13-28-30(26)32(20)27-17-16-25(19-29(27)37(28,34)35)36(33,23-10-3-2-4-11-23)24-15-14-21-8-5-6-9-22(21)18-24/h2-19H,1H3. The summed E-state index contributed by atoms with van der Waals surface area (Å²) in [5.74, 6) is 0.701. The van der Waals surface area contributed by atoms with E-state index in [1.54, 1.807) is 30.3 Å². The first kappa shape index (κ1) is 22.2. The second-order valence-electron chi connectivity index (χ2n) is 9.25. The van der Waals surface area contributed by atoms with Crippen molar-refractivity contribution in [3.8, 4) is 5.69 Å². The molecule has 0 radical (unpaired) electrons. The second kappa shape index (κ2) is 7.75. The summed E-state index contributed by atoms with van der Waals surface area (Å²) < 4.78 is 44.9. The Hall–Kier alpha value is -3.99. The zero-order chi connectivity index (χ0) is 25.4. The summed E-state index contributed by atoms with van der Waals surface area (Å²) in [4.78, 5) is 4.95. The van der Waals surface area contributed by atoms with Gasteiger partial charge in [-0.2, -0.15) is 0 Å². The Bertz CT molecular complexity index is 2050. The third kappa shape index (κ3) is 3.06. The molecule has 1 atom stereocenters. The molecule has 1 aliphatic rings. The lowest BCUT2D eigenvalue weighted by Crippen LogP contribution is -2.27. The first-order valence-electron chi connectivity index (χ1n) is 11.9. The summed E-state index contributed by atoms with van der Waals surface area (Å²) in [6, 6.07) is 33.4. The monoisotopic (exact) mass is 520 g/mol. The van der Waals surface area contributed by atoms with Crippen molar-refractivity contribution in [2.24, 2.45) is 0 Å². The zero-order valence-corrected chi connectivity index (χ0v) is 21.6. The molecule has 0 aliphatic carbocycles. The number of benzene rings is 5. The Labute approximate surface area is 214 Å². The molecule has 1 unspecified atom stereocenters. The summed E-state index contributed by atoms with van der Waals surface area (Å²) in [6.45, 7) is 1.86. The molecule has 0 bridgehead atoms. The van der Waals surface area contributed by atoms with Crippen LogP contribution in [0, 0.1) is 6.92 Å². The smallest absolute Gasteiger partial charge is 0.210 e. The van der Waals surface area contributed by atoms with Crippen molar-refractivity contribution in [2.45, 2.75) is 16.7 Å². The molecule has 37 heavy (non-hydrogen) atoms. The van der Waals surface area contributed by atoms with E-state index < -0.39 is 17.0 Å². The molecule has 0 N–H and O–H groups in total. The van der Waals surface area contributed by atoms with Gasteiger partial charge in [0, 0.05) is 15.9 Å². The van der Waals surface area contributed by atoms with Gasteiger partial charge in [-0.15, -0.1) is 0 Å². The van der Waals surface area contributed by atoms with Gasteiger partial charge < -0.3 is 4.57 Å². The van der Waals surface area contributed by atoms with E-state index in [-0.39, 0.29) is 9.79 Å². The first-order chi connectivity index (χ1) is 17.9. The van der Waals surface area contributed by atoms with Crippen LogP contribution in [0.15, 0.2) is 119 Å². The number of nitrogens with zero attached hydrogens (tertiary/aromatic N) is 2. The van der Waals surface area contributed by atoms with Gasteiger partial charge in [-0.1, -0.05) is 72.8 Å². The Morgan fingerprint density at radius 2 is 1.38 bits per heavy atom. The second-order valence-corrected chi connectivity index (χ2v) is 13.9. The van der Waals surface area contributed by atoms with Crippen molar-refractivity contribution in [1.82, 2.24) is 9.55 Å². The highest BCUT2D eigenvalue weighted by molar-refractivity contribution is 7.92.